The number of rotatable bonds is 8. The first-order valence-electron chi connectivity index (χ1n) is 14.0. The fourth-order valence-corrected chi connectivity index (χ4v) is 6.25. The number of nitrogens with one attached hydrogen (secondary N) is 1. The number of nitrogens with zero attached hydrogens (tertiary/aromatic N) is 4. The fraction of sp³-hybridized carbons (Fsp3) is 0.500. The first-order chi connectivity index (χ1) is 19.0. The van der Waals surface area contributed by atoms with Gasteiger partial charge in [0.2, 0.25) is 5.91 Å². The number of halogens is 1. The Bertz CT molecular complexity index is 1400. The molecule has 2 aliphatic heterocycles. The lowest BCUT2D eigenvalue weighted by Crippen LogP contribution is -2.50. The van der Waals surface area contributed by atoms with Crippen molar-refractivity contribution in [3.63, 3.8) is 0 Å². The highest BCUT2D eigenvalue weighted by atomic mass is 35.5. The summed E-state index contributed by atoms with van der Waals surface area (Å²) in [5, 5.41) is 4.76. The van der Waals surface area contributed by atoms with Gasteiger partial charge in [-0.25, -0.2) is 4.79 Å². The van der Waals surface area contributed by atoms with E-state index in [9.17, 15) is 9.59 Å². The molecule has 0 aliphatic carbocycles. The van der Waals surface area contributed by atoms with Crippen LogP contribution in [0.4, 0.5) is 16.3 Å². The number of piperazine rings is 1. The van der Waals surface area contributed by atoms with Crippen molar-refractivity contribution in [1.82, 2.24) is 14.6 Å². The molecule has 10 heteroatoms. The second kappa shape index (κ2) is 11.5. The van der Waals surface area contributed by atoms with Crippen LogP contribution in [-0.4, -0.2) is 65.8 Å². The molecule has 5 rings (SSSR count). The van der Waals surface area contributed by atoms with Crippen LogP contribution in [0.1, 0.15) is 45.7 Å². The normalized spacial score (nSPS) is 17.0. The zero-order chi connectivity index (χ0) is 28.6. The van der Waals surface area contributed by atoms with E-state index in [2.05, 4.69) is 39.4 Å². The minimum absolute atomic E-state index is 0.0997. The maximum Gasteiger partial charge on any atom is 0.409 e. The molecule has 0 radical (unpaired) electrons. The molecule has 1 N–H and O–H groups in total. The van der Waals surface area contributed by atoms with Crippen molar-refractivity contribution >= 4 is 56.7 Å². The van der Waals surface area contributed by atoms with Crippen molar-refractivity contribution in [3.05, 3.63) is 52.5 Å². The molecule has 1 aromatic heterocycles. The molecule has 2 aromatic carbocycles. The number of benzene rings is 2. The predicted octanol–water partition coefficient (Wildman–Crippen LogP) is 5.71. The number of carbonyl (C=O) groups excluding carboxylic acids is 2. The van der Waals surface area contributed by atoms with Crippen LogP contribution < -0.4 is 15.1 Å². The monoisotopic (exact) mass is 583 g/mol. The third kappa shape index (κ3) is 5.92. The molecule has 0 spiro atoms. The number of anilines is 2. The van der Waals surface area contributed by atoms with Crippen LogP contribution in [0, 0.1) is 5.92 Å². The summed E-state index contributed by atoms with van der Waals surface area (Å²) in [5.41, 5.74) is 2.24. The number of alkyl carbamates (subject to hydrolysis) is 1. The van der Waals surface area contributed by atoms with E-state index in [1.807, 2.05) is 39.8 Å². The topological polar surface area (TPSA) is 78.0 Å². The molecule has 3 heterocycles. The summed E-state index contributed by atoms with van der Waals surface area (Å²) in [6.45, 7) is 14.4. The third-order valence-electron chi connectivity index (χ3n) is 8.35. The van der Waals surface area contributed by atoms with E-state index in [-0.39, 0.29) is 18.2 Å². The maximum atomic E-state index is 12.9. The van der Waals surface area contributed by atoms with Gasteiger partial charge in [-0.3, -0.25) is 14.6 Å². The Kier molecular flexibility index (Phi) is 8.27. The highest BCUT2D eigenvalue weighted by Crippen LogP contribution is 2.36. The predicted molar refractivity (Wildman–Crippen MR) is 163 cm³/mol. The largest absolute Gasteiger partial charge is 0.425 e. The number of carbonyl (C=O) groups is 2. The molecule has 3 aromatic rings. The second-order valence-corrected chi connectivity index (χ2v) is 12.8. The number of fused-ring (bicyclic) bond motifs is 2. The van der Waals surface area contributed by atoms with Gasteiger partial charge in [0.25, 0.3) is 0 Å². The van der Waals surface area contributed by atoms with Crippen LogP contribution in [0.2, 0.25) is 5.02 Å². The fourth-order valence-electron chi connectivity index (χ4n) is 5.20. The lowest BCUT2D eigenvalue weighted by atomic mass is 9.91. The first-order valence-corrected chi connectivity index (χ1v) is 15.1. The average Bonchev–Trinajstić information content (AvgIpc) is 3.47. The molecule has 8 nitrogen and oxygen atoms in total. The quantitative estimate of drug-likeness (QED) is 0.366. The summed E-state index contributed by atoms with van der Waals surface area (Å²) in [6.07, 6.45) is -0.214. The Hall–Kier alpha value is -2.88. The van der Waals surface area contributed by atoms with Crippen molar-refractivity contribution in [2.24, 2.45) is 5.92 Å². The van der Waals surface area contributed by atoms with Gasteiger partial charge in [0, 0.05) is 48.7 Å². The molecule has 2 amide bonds. The number of ether oxygens (including phenoxy) is 1. The third-order valence-corrected chi connectivity index (χ3v) is 9.52. The average molecular weight is 584 g/mol. The summed E-state index contributed by atoms with van der Waals surface area (Å²) < 4.78 is 11.5. The van der Waals surface area contributed by atoms with E-state index in [4.69, 9.17) is 20.7 Å². The van der Waals surface area contributed by atoms with Crippen molar-refractivity contribution in [2.45, 2.75) is 59.2 Å². The van der Waals surface area contributed by atoms with Gasteiger partial charge < -0.3 is 15.0 Å². The van der Waals surface area contributed by atoms with Crippen molar-refractivity contribution in [2.75, 3.05) is 42.5 Å². The highest BCUT2D eigenvalue weighted by molar-refractivity contribution is 7.13. The molecule has 1 saturated heterocycles. The van der Waals surface area contributed by atoms with E-state index < -0.39 is 17.9 Å². The summed E-state index contributed by atoms with van der Waals surface area (Å²) in [6, 6.07) is 12.3. The number of aromatic nitrogens is 1. The Morgan fingerprint density at radius 2 is 1.88 bits per heavy atom. The van der Waals surface area contributed by atoms with Crippen molar-refractivity contribution in [1.29, 1.82) is 0 Å². The molecule has 0 bridgehead atoms. The van der Waals surface area contributed by atoms with Crippen molar-refractivity contribution in [3.8, 4) is 0 Å². The highest BCUT2D eigenvalue weighted by Gasteiger charge is 2.35. The van der Waals surface area contributed by atoms with Crippen LogP contribution in [0.3, 0.4) is 0 Å². The molecule has 1 fully saturated rings. The van der Waals surface area contributed by atoms with Crippen LogP contribution in [0.25, 0.3) is 10.1 Å². The maximum absolute atomic E-state index is 12.9. The van der Waals surface area contributed by atoms with Gasteiger partial charge >= 0.3 is 6.09 Å². The molecule has 214 valence electrons. The summed E-state index contributed by atoms with van der Waals surface area (Å²) in [7, 11) is 0. The smallest absolute Gasteiger partial charge is 0.409 e. The molecular formula is C30H38ClN5O3S. The SMILES string of the molecule is CC(OC(=O)NC(C)(C)C(C)C)N1C(=O)Cc2cc(CCN3CCN(c4nsc5ccccc45)CC3)c(Cl)cc21. The molecule has 0 saturated carbocycles. The molecule has 1 atom stereocenters. The standard InChI is InChI=1S/C30H38ClN5O3S/c1-19(2)30(4,5)32-29(38)39-20(3)36-25-18-24(31)21(16-22(25)17-27(36)37)10-11-34-12-14-35(15-13-34)28-23-8-6-7-9-26(23)40-33-28/h6-9,16,18-20H,10-15,17H2,1-5H3,(H,32,38). The Morgan fingerprint density at radius 3 is 2.60 bits per heavy atom. The van der Waals surface area contributed by atoms with Crippen LogP contribution in [0.5, 0.6) is 0 Å². The Morgan fingerprint density at radius 1 is 1.15 bits per heavy atom. The molecule has 2 aliphatic rings. The first kappa shape index (κ1) is 28.6. The number of hydrogen-bond donors (Lipinski definition) is 1. The summed E-state index contributed by atoms with van der Waals surface area (Å²) in [4.78, 5) is 31.9. The lowest BCUT2D eigenvalue weighted by molar-refractivity contribution is -0.119. The molecular weight excluding hydrogens is 546 g/mol. The van der Waals surface area contributed by atoms with E-state index in [1.165, 1.54) is 15.0 Å². The van der Waals surface area contributed by atoms with Gasteiger partial charge in [0.1, 0.15) is 5.82 Å². The lowest BCUT2D eigenvalue weighted by Gasteiger charge is -2.35. The minimum Gasteiger partial charge on any atom is -0.425 e. The zero-order valence-corrected chi connectivity index (χ0v) is 25.4. The van der Waals surface area contributed by atoms with Crippen LogP contribution in [-0.2, 0) is 22.4 Å². The number of hydrogen-bond acceptors (Lipinski definition) is 7. The Balaban J connectivity index is 1.18. The van der Waals surface area contributed by atoms with Crippen LogP contribution in [0.15, 0.2) is 36.4 Å². The number of amides is 2. The Labute approximate surface area is 245 Å². The molecule has 40 heavy (non-hydrogen) atoms. The van der Waals surface area contributed by atoms with E-state index in [0.717, 1.165) is 56.1 Å². The minimum atomic E-state index is -0.746. The summed E-state index contributed by atoms with van der Waals surface area (Å²) >= 11 is 8.29. The van der Waals surface area contributed by atoms with E-state index >= 15 is 0 Å². The van der Waals surface area contributed by atoms with Gasteiger partial charge in [-0.05, 0) is 74.0 Å². The second-order valence-electron chi connectivity index (χ2n) is 11.6. The van der Waals surface area contributed by atoms with Gasteiger partial charge in [-0.2, -0.15) is 4.37 Å². The van der Waals surface area contributed by atoms with Gasteiger partial charge in [-0.15, -0.1) is 0 Å². The summed E-state index contributed by atoms with van der Waals surface area (Å²) in [5.74, 6) is 1.22. The van der Waals surface area contributed by atoms with Crippen molar-refractivity contribution < 1.29 is 14.3 Å². The van der Waals surface area contributed by atoms with Gasteiger partial charge in [0.05, 0.1) is 16.8 Å². The van der Waals surface area contributed by atoms with Crippen LogP contribution >= 0.6 is 23.1 Å². The van der Waals surface area contributed by atoms with E-state index in [0.29, 0.717) is 10.7 Å². The van der Waals surface area contributed by atoms with Gasteiger partial charge in [-0.1, -0.05) is 43.6 Å². The molecule has 1 unspecified atom stereocenters. The van der Waals surface area contributed by atoms with Gasteiger partial charge in [0.15, 0.2) is 6.23 Å². The zero-order valence-electron chi connectivity index (χ0n) is 23.9. The van der Waals surface area contributed by atoms with E-state index in [1.54, 1.807) is 18.5 Å².